The number of furan rings is 2. The molecule has 2 aliphatic heterocycles. The molecular formula is C70H52N2O2Si2. The minimum atomic E-state index is -2.48. The number of rotatable bonds is 8. The highest BCUT2D eigenvalue weighted by Gasteiger charge is 2.47. The summed E-state index contributed by atoms with van der Waals surface area (Å²) in [4.78, 5) is 4.97. The summed E-state index contributed by atoms with van der Waals surface area (Å²) >= 11 is 0. The molecule has 11 aromatic carbocycles. The molecule has 2 aliphatic rings. The highest BCUT2D eigenvalue weighted by atomic mass is 28.3. The van der Waals surface area contributed by atoms with E-state index >= 15 is 0 Å². The Hall–Kier alpha value is -8.95. The number of hydrogen-bond acceptors (Lipinski definition) is 4. The minimum absolute atomic E-state index is 0.893. The van der Waals surface area contributed by atoms with Crippen molar-refractivity contribution in [2.75, 3.05) is 9.80 Å². The standard InChI is InChI=1S/C70H52N2O2Si2/c1-75(2)61-41-54-62(42-53(61)67-63(75)43-57(65-51-35-19-23-39-59(51)73-69(65)67)71(47-29-13-7-14-30-47)55-37-21-17-33-49(55)45-25-9-5-10-26-45)76(3,4)64-44-58(66-52-36-20-24-40-60(52)74-70(66)68(54)64)72(48-31-15-8-16-32-48)56-38-22-18-34-50(56)46-27-11-6-12-28-46/h5-44H,1-4H3. The molecule has 362 valence electrons. The third kappa shape index (κ3) is 6.47. The average molecular weight is 1010 g/mol. The summed E-state index contributed by atoms with van der Waals surface area (Å²) in [7, 11) is -4.96. The summed E-state index contributed by atoms with van der Waals surface area (Å²) in [5, 5.41) is 10.1. The summed E-state index contributed by atoms with van der Waals surface area (Å²) in [6.45, 7) is 10.2. The molecule has 6 heteroatoms. The Bertz CT molecular complexity index is 4180. The third-order valence-corrected chi connectivity index (χ3v) is 23.6. The average Bonchev–Trinajstić information content (AvgIpc) is 4.31. The molecule has 0 fully saturated rings. The molecule has 0 unspecified atom stereocenters. The fourth-order valence-corrected chi connectivity index (χ4v) is 19.1. The predicted octanol–water partition coefficient (Wildman–Crippen LogP) is 17.4. The molecule has 13 aromatic rings. The summed E-state index contributed by atoms with van der Waals surface area (Å²) in [5.74, 6) is 0. The summed E-state index contributed by atoms with van der Waals surface area (Å²) in [6.07, 6.45) is 0. The van der Waals surface area contributed by atoms with Crippen molar-refractivity contribution in [2.24, 2.45) is 0 Å². The van der Waals surface area contributed by atoms with Crippen LogP contribution in [-0.4, -0.2) is 16.1 Å². The van der Waals surface area contributed by atoms with Crippen LogP contribution in [0.2, 0.25) is 26.2 Å². The van der Waals surface area contributed by atoms with Crippen LogP contribution in [0.4, 0.5) is 34.1 Å². The molecule has 15 rings (SSSR count). The zero-order valence-electron chi connectivity index (χ0n) is 42.8. The molecule has 0 N–H and O–H groups in total. The number of benzene rings is 11. The second kappa shape index (κ2) is 16.8. The molecule has 4 heterocycles. The van der Waals surface area contributed by atoms with Gasteiger partial charge in [0.15, 0.2) is 0 Å². The number of hydrogen-bond donors (Lipinski definition) is 0. The van der Waals surface area contributed by atoms with Crippen LogP contribution in [0.1, 0.15) is 0 Å². The Morgan fingerprint density at radius 2 is 0.645 bits per heavy atom. The van der Waals surface area contributed by atoms with Gasteiger partial charge in [-0.15, -0.1) is 0 Å². The number of fused-ring (bicyclic) bond motifs is 14. The van der Waals surface area contributed by atoms with E-state index < -0.39 is 16.1 Å². The van der Waals surface area contributed by atoms with Crippen LogP contribution in [0.15, 0.2) is 251 Å². The van der Waals surface area contributed by atoms with Crippen LogP contribution in [0.5, 0.6) is 0 Å². The smallest absolute Gasteiger partial charge is 0.145 e. The Balaban J connectivity index is 0.987. The normalized spacial score (nSPS) is 13.7. The van der Waals surface area contributed by atoms with E-state index in [1.54, 1.807) is 0 Å². The van der Waals surface area contributed by atoms with E-state index in [4.69, 9.17) is 8.83 Å². The van der Waals surface area contributed by atoms with E-state index in [1.807, 2.05) is 0 Å². The van der Waals surface area contributed by atoms with Crippen molar-refractivity contribution < 1.29 is 8.83 Å². The molecule has 0 amide bonds. The maximum absolute atomic E-state index is 7.30. The summed E-state index contributed by atoms with van der Waals surface area (Å²) in [6, 6.07) is 88.6. The van der Waals surface area contributed by atoms with Crippen molar-refractivity contribution in [2.45, 2.75) is 26.2 Å². The van der Waals surface area contributed by atoms with Crippen LogP contribution in [0.25, 0.3) is 88.4 Å². The Labute approximate surface area is 444 Å². The van der Waals surface area contributed by atoms with Crippen molar-refractivity contribution in [3.63, 3.8) is 0 Å². The first-order valence-corrected chi connectivity index (χ1v) is 32.4. The van der Waals surface area contributed by atoms with Crippen molar-refractivity contribution in [3.05, 3.63) is 243 Å². The zero-order valence-corrected chi connectivity index (χ0v) is 44.8. The van der Waals surface area contributed by atoms with E-state index in [2.05, 4.69) is 279 Å². The van der Waals surface area contributed by atoms with Crippen LogP contribution in [0.3, 0.4) is 0 Å². The fourth-order valence-electron chi connectivity index (χ4n) is 13.0. The van der Waals surface area contributed by atoms with Crippen molar-refractivity contribution >= 4 is 115 Å². The van der Waals surface area contributed by atoms with Gasteiger partial charge in [0.25, 0.3) is 0 Å². The fraction of sp³-hybridized carbons (Fsp3) is 0.0571. The molecule has 2 aromatic heterocycles. The first-order valence-electron chi connectivity index (χ1n) is 26.4. The van der Waals surface area contributed by atoms with Gasteiger partial charge in [-0.25, -0.2) is 0 Å². The Kier molecular flexibility index (Phi) is 9.83. The van der Waals surface area contributed by atoms with Crippen molar-refractivity contribution in [1.82, 2.24) is 0 Å². The van der Waals surface area contributed by atoms with Crippen LogP contribution < -0.4 is 30.5 Å². The van der Waals surface area contributed by atoms with Gasteiger partial charge in [-0.3, -0.25) is 0 Å². The first kappa shape index (κ1) is 44.5. The lowest BCUT2D eigenvalue weighted by molar-refractivity contribution is 0.670. The molecule has 0 aliphatic carbocycles. The summed E-state index contributed by atoms with van der Waals surface area (Å²) < 4.78 is 14.6. The molecule has 0 bridgehead atoms. The maximum Gasteiger partial charge on any atom is 0.145 e. The Morgan fingerprint density at radius 1 is 0.303 bits per heavy atom. The topological polar surface area (TPSA) is 32.8 Å². The molecular weight excluding hydrogens is 957 g/mol. The monoisotopic (exact) mass is 1010 g/mol. The molecule has 0 saturated carbocycles. The van der Waals surface area contributed by atoms with E-state index in [0.717, 1.165) is 78.0 Å². The van der Waals surface area contributed by atoms with Crippen LogP contribution >= 0.6 is 0 Å². The lowest BCUT2D eigenvalue weighted by atomic mass is 9.95. The molecule has 4 nitrogen and oxygen atoms in total. The number of nitrogens with zero attached hydrogens (tertiary/aromatic N) is 2. The first-order chi connectivity index (χ1) is 37.3. The number of anilines is 6. The van der Waals surface area contributed by atoms with E-state index in [1.165, 1.54) is 65.3 Å². The summed E-state index contributed by atoms with van der Waals surface area (Å²) in [5.41, 5.74) is 20.2. The van der Waals surface area contributed by atoms with E-state index in [0.29, 0.717) is 0 Å². The van der Waals surface area contributed by atoms with Crippen molar-refractivity contribution in [3.8, 4) is 44.5 Å². The highest BCUT2D eigenvalue weighted by Crippen LogP contribution is 2.52. The Morgan fingerprint density at radius 3 is 1.05 bits per heavy atom. The van der Waals surface area contributed by atoms with Crippen molar-refractivity contribution in [1.29, 1.82) is 0 Å². The van der Waals surface area contributed by atoms with Gasteiger partial charge in [0.2, 0.25) is 0 Å². The van der Waals surface area contributed by atoms with Gasteiger partial charge in [-0.1, -0.05) is 208 Å². The largest absolute Gasteiger partial charge is 0.455 e. The second-order valence-electron chi connectivity index (χ2n) is 21.5. The lowest BCUT2D eigenvalue weighted by Gasteiger charge is -2.30. The van der Waals surface area contributed by atoms with E-state index in [-0.39, 0.29) is 0 Å². The minimum Gasteiger partial charge on any atom is -0.455 e. The SMILES string of the molecule is C[Si]1(C)c2cc3c(cc2-c2c1cc(N(c1ccccc1)c1ccccc1-c1ccccc1)c1c2oc2ccccc21)[Si](C)(C)c1cc(N(c2ccccc2)c2ccccc2-c2ccccc2)c2c(oc4ccccc42)c1-3. The maximum atomic E-state index is 7.30. The van der Waals surface area contributed by atoms with Gasteiger partial charge >= 0.3 is 0 Å². The molecule has 0 spiro atoms. The second-order valence-corrected chi connectivity index (χ2v) is 30.2. The van der Waals surface area contributed by atoms with Gasteiger partial charge in [0, 0.05) is 44.4 Å². The van der Waals surface area contributed by atoms with Crippen LogP contribution in [0, 0.1) is 0 Å². The van der Waals surface area contributed by atoms with E-state index in [9.17, 15) is 0 Å². The highest BCUT2D eigenvalue weighted by molar-refractivity contribution is 7.06. The molecule has 0 saturated heterocycles. The quantitative estimate of drug-likeness (QED) is 0.142. The number of para-hydroxylation sites is 6. The molecule has 0 radical (unpaired) electrons. The lowest BCUT2D eigenvalue weighted by Crippen LogP contribution is -2.51. The zero-order chi connectivity index (χ0) is 50.9. The van der Waals surface area contributed by atoms with Gasteiger partial charge in [0.1, 0.15) is 38.5 Å². The van der Waals surface area contributed by atoms with Gasteiger partial charge in [0.05, 0.1) is 33.5 Å². The van der Waals surface area contributed by atoms with Gasteiger partial charge in [-0.2, -0.15) is 0 Å². The predicted molar refractivity (Wildman–Crippen MR) is 326 cm³/mol. The molecule has 76 heavy (non-hydrogen) atoms. The molecule has 0 atom stereocenters. The third-order valence-electron chi connectivity index (χ3n) is 16.6. The van der Waals surface area contributed by atoms with Gasteiger partial charge in [-0.05, 0) is 104 Å². The van der Waals surface area contributed by atoms with Crippen LogP contribution in [-0.2, 0) is 0 Å². The van der Waals surface area contributed by atoms with Gasteiger partial charge < -0.3 is 18.6 Å².